The van der Waals surface area contributed by atoms with E-state index in [2.05, 4.69) is 25.8 Å². The lowest BCUT2D eigenvalue weighted by atomic mass is 9.85. The second-order valence-corrected chi connectivity index (χ2v) is 10.0. The molecule has 1 atom stereocenters. The molecule has 1 aliphatic rings. The molecule has 0 bridgehead atoms. The zero-order chi connectivity index (χ0) is 24.0. The SMILES string of the molecule is Cc1[nH]c(C)c(/C(O)=C2\C(=O)C(=O)N(CCN(C)C)C2c2ccc(C(C)(C)C)cc2)c1C. The van der Waals surface area contributed by atoms with Gasteiger partial charge in [0.25, 0.3) is 11.7 Å². The van der Waals surface area contributed by atoms with Gasteiger partial charge in [0.15, 0.2) is 0 Å². The first-order chi connectivity index (χ1) is 14.8. The van der Waals surface area contributed by atoms with Gasteiger partial charge in [0.2, 0.25) is 0 Å². The van der Waals surface area contributed by atoms with Gasteiger partial charge in [-0.05, 0) is 57.0 Å². The van der Waals surface area contributed by atoms with Crippen LogP contribution in [-0.4, -0.2) is 58.8 Å². The van der Waals surface area contributed by atoms with E-state index >= 15 is 0 Å². The predicted octanol–water partition coefficient (Wildman–Crippen LogP) is 4.22. The van der Waals surface area contributed by atoms with Gasteiger partial charge in [-0.15, -0.1) is 0 Å². The van der Waals surface area contributed by atoms with E-state index in [1.54, 1.807) is 4.90 Å². The number of hydrogen-bond donors (Lipinski definition) is 2. The van der Waals surface area contributed by atoms with Gasteiger partial charge >= 0.3 is 0 Å². The van der Waals surface area contributed by atoms with Crippen LogP contribution >= 0.6 is 0 Å². The molecule has 1 saturated heterocycles. The second-order valence-electron chi connectivity index (χ2n) is 10.0. The quantitative estimate of drug-likeness (QED) is 0.417. The number of aliphatic hydroxyl groups is 1. The van der Waals surface area contributed by atoms with Crippen LogP contribution in [0.5, 0.6) is 0 Å². The number of aromatic nitrogens is 1. The first kappa shape index (κ1) is 23.8. The minimum atomic E-state index is -0.635. The van der Waals surface area contributed by atoms with Crippen molar-refractivity contribution in [2.75, 3.05) is 27.2 Å². The van der Waals surface area contributed by atoms with Crippen LogP contribution in [0.4, 0.5) is 0 Å². The van der Waals surface area contributed by atoms with Crippen molar-refractivity contribution in [3.63, 3.8) is 0 Å². The number of H-pyrrole nitrogens is 1. The number of aliphatic hydroxyl groups excluding tert-OH is 1. The molecule has 0 saturated carbocycles. The lowest BCUT2D eigenvalue weighted by Gasteiger charge is -2.27. The van der Waals surface area contributed by atoms with E-state index in [0.29, 0.717) is 18.7 Å². The van der Waals surface area contributed by atoms with Gasteiger partial charge < -0.3 is 19.9 Å². The molecule has 1 amide bonds. The number of amides is 1. The number of Topliss-reactive ketones (excluding diaryl/α,β-unsaturated/α-hetero) is 1. The van der Waals surface area contributed by atoms with Gasteiger partial charge in [0.1, 0.15) is 5.76 Å². The highest BCUT2D eigenvalue weighted by molar-refractivity contribution is 6.46. The van der Waals surface area contributed by atoms with E-state index in [1.165, 1.54) is 5.56 Å². The Morgan fingerprint density at radius 2 is 1.66 bits per heavy atom. The largest absolute Gasteiger partial charge is 0.507 e. The first-order valence-electron chi connectivity index (χ1n) is 11.0. The fourth-order valence-corrected chi connectivity index (χ4v) is 4.33. The van der Waals surface area contributed by atoms with Crippen LogP contribution in [0.25, 0.3) is 5.76 Å². The molecular formula is C26H35N3O3. The van der Waals surface area contributed by atoms with Crippen molar-refractivity contribution in [1.29, 1.82) is 0 Å². The van der Waals surface area contributed by atoms with Crippen molar-refractivity contribution < 1.29 is 14.7 Å². The van der Waals surface area contributed by atoms with Gasteiger partial charge in [0.05, 0.1) is 11.6 Å². The molecule has 0 radical (unpaired) electrons. The Bertz CT molecular complexity index is 1070. The maximum Gasteiger partial charge on any atom is 0.295 e. The van der Waals surface area contributed by atoms with Gasteiger partial charge in [-0.3, -0.25) is 9.59 Å². The van der Waals surface area contributed by atoms with Gasteiger partial charge in [-0.1, -0.05) is 45.0 Å². The molecule has 2 N–H and O–H groups in total. The van der Waals surface area contributed by atoms with E-state index in [0.717, 1.165) is 22.5 Å². The van der Waals surface area contributed by atoms with Crippen LogP contribution < -0.4 is 0 Å². The third-order valence-electron chi connectivity index (χ3n) is 6.34. The number of likely N-dealkylation sites (N-methyl/N-ethyl adjacent to an activating group) is 1. The number of benzene rings is 1. The summed E-state index contributed by atoms with van der Waals surface area (Å²) in [4.78, 5) is 33.0. The molecule has 172 valence electrons. The predicted molar refractivity (Wildman–Crippen MR) is 128 cm³/mol. The molecule has 6 nitrogen and oxygen atoms in total. The Labute approximate surface area is 190 Å². The fourth-order valence-electron chi connectivity index (χ4n) is 4.33. The van der Waals surface area contributed by atoms with Crippen LogP contribution in [0.2, 0.25) is 0 Å². The average Bonchev–Trinajstić information content (AvgIpc) is 3.11. The van der Waals surface area contributed by atoms with E-state index in [4.69, 9.17) is 0 Å². The van der Waals surface area contributed by atoms with Crippen molar-refractivity contribution in [3.8, 4) is 0 Å². The Morgan fingerprint density at radius 3 is 2.12 bits per heavy atom. The molecule has 1 aliphatic heterocycles. The normalized spacial score (nSPS) is 18.8. The van der Waals surface area contributed by atoms with Crippen molar-refractivity contribution in [1.82, 2.24) is 14.8 Å². The average molecular weight is 438 g/mol. The Morgan fingerprint density at radius 1 is 1.06 bits per heavy atom. The molecule has 1 aromatic carbocycles. The fraction of sp³-hybridized carbons (Fsp3) is 0.462. The number of likely N-dealkylation sites (tertiary alicyclic amines) is 1. The third kappa shape index (κ3) is 4.24. The Hall–Kier alpha value is -2.86. The number of carbonyl (C=O) groups excluding carboxylic acids is 2. The van der Waals surface area contributed by atoms with Gasteiger partial charge in [-0.2, -0.15) is 0 Å². The Kier molecular flexibility index (Phi) is 6.38. The minimum absolute atomic E-state index is 0.0118. The van der Waals surface area contributed by atoms with Crippen molar-refractivity contribution >= 4 is 17.4 Å². The molecule has 1 aromatic heterocycles. The summed E-state index contributed by atoms with van der Waals surface area (Å²) in [5.74, 6) is -1.32. The summed E-state index contributed by atoms with van der Waals surface area (Å²) in [6, 6.07) is 7.39. The van der Waals surface area contributed by atoms with Crippen LogP contribution in [0.1, 0.15) is 60.5 Å². The lowest BCUT2D eigenvalue weighted by Crippen LogP contribution is -2.35. The molecule has 3 rings (SSSR count). The van der Waals surface area contributed by atoms with Crippen LogP contribution in [0, 0.1) is 20.8 Å². The summed E-state index contributed by atoms with van der Waals surface area (Å²) in [6.07, 6.45) is 0. The van der Waals surface area contributed by atoms with Crippen LogP contribution in [0.3, 0.4) is 0 Å². The van der Waals surface area contributed by atoms with E-state index in [9.17, 15) is 14.7 Å². The topological polar surface area (TPSA) is 76.6 Å². The summed E-state index contributed by atoms with van der Waals surface area (Å²) < 4.78 is 0. The summed E-state index contributed by atoms with van der Waals surface area (Å²) in [7, 11) is 3.86. The summed E-state index contributed by atoms with van der Waals surface area (Å²) in [6.45, 7) is 13.1. The first-order valence-corrected chi connectivity index (χ1v) is 11.0. The van der Waals surface area contributed by atoms with Crippen LogP contribution in [0.15, 0.2) is 29.8 Å². The maximum atomic E-state index is 13.2. The maximum absolute atomic E-state index is 13.2. The van der Waals surface area contributed by atoms with Crippen LogP contribution in [-0.2, 0) is 15.0 Å². The zero-order valence-corrected chi connectivity index (χ0v) is 20.5. The standard InChI is InChI=1S/C26H35N3O3/c1-15-16(2)27-17(3)20(15)23(30)21-22(18-9-11-19(12-10-18)26(4,5)6)29(14-13-28(7)8)25(32)24(21)31/h9-12,22,27,30H,13-14H2,1-8H3/b23-21+. The van der Waals surface area contributed by atoms with Crippen molar-refractivity contribution in [3.05, 3.63) is 63.5 Å². The highest BCUT2D eigenvalue weighted by Crippen LogP contribution is 2.41. The minimum Gasteiger partial charge on any atom is -0.507 e. The molecule has 2 aromatic rings. The molecular weight excluding hydrogens is 402 g/mol. The number of aromatic amines is 1. The number of nitrogens with one attached hydrogen (secondary N) is 1. The van der Waals surface area contributed by atoms with Crippen molar-refractivity contribution in [2.24, 2.45) is 0 Å². The zero-order valence-electron chi connectivity index (χ0n) is 20.5. The summed E-state index contributed by atoms with van der Waals surface area (Å²) in [5.41, 5.74) is 5.31. The van der Waals surface area contributed by atoms with E-state index in [-0.39, 0.29) is 16.7 Å². The Balaban J connectivity index is 2.19. The highest BCUT2D eigenvalue weighted by atomic mass is 16.3. The monoisotopic (exact) mass is 437 g/mol. The van der Waals surface area contributed by atoms with E-state index < -0.39 is 17.7 Å². The van der Waals surface area contributed by atoms with Crippen molar-refractivity contribution in [2.45, 2.75) is 53.0 Å². The molecule has 1 unspecified atom stereocenters. The number of carbonyl (C=O) groups is 2. The third-order valence-corrected chi connectivity index (χ3v) is 6.34. The summed E-state index contributed by atoms with van der Waals surface area (Å²) in [5, 5.41) is 11.3. The number of aryl methyl sites for hydroxylation is 2. The van der Waals surface area contributed by atoms with Gasteiger partial charge in [0, 0.05) is 30.0 Å². The molecule has 0 spiro atoms. The number of hydrogen-bond acceptors (Lipinski definition) is 4. The molecule has 1 fully saturated rings. The van der Waals surface area contributed by atoms with Gasteiger partial charge in [-0.25, -0.2) is 0 Å². The molecule has 32 heavy (non-hydrogen) atoms. The summed E-state index contributed by atoms with van der Waals surface area (Å²) >= 11 is 0. The van der Waals surface area contributed by atoms with E-state index in [1.807, 2.05) is 64.0 Å². The number of ketones is 1. The number of nitrogens with zero attached hydrogens (tertiary/aromatic N) is 2. The second kappa shape index (κ2) is 8.58. The molecule has 0 aliphatic carbocycles. The molecule has 6 heteroatoms. The molecule has 2 heterocycles. The highest BCUT2D eigenvalue weighted by Gasteiger charge is 2.46. The number of rotatable bonds is 5. The lowest BCUT2D eigenvalue weighted by molar-refractivity contribution is -0.140. The smallest absolute Gasteiger partial charge is 0.295 e.